The van der Waals surface area contributed by atoms with Crippen LogP contribution in [0.5, 0.6) is 0 Å². The van der Waals surface area contributed by atoms with E-state index in [4.69, 9.17) is 0 Å². The van der Waals surface area contributed by atoms with Gasteiger partial charge >= 0.3 is 12.2 Å². The fourth-order valence-corrected chi connectivity index (χ4v) is 2.94. The Kier molecular flexibility index (Phi) is 3.78. The lowest BCUT2D eigenvalue weighted by Crippen LogP contribution is -2.24. The standard InChI is InChI=1S/C15H14F3N7O/c16-15(17,18)13-10(7-20-24-13)23-14(26)22-9-6-19-11-4-5-21-25(11)12(9)8-2-1-3-8/h4-8H,1-3H2,(H,20,24)(H2,22,23,26). The number of H-pyrrole nitrogens is 1. The fourth-order valence-electron chi connectivity index (χ4n) is 2.94. The Morgan fingerprint density at radius 2 is 2.04 bits per heavy atom. The van der Waals surface area contributed by atoms with E-state index in [1.54, 1.807) is 16.8 Å². The number of hydrogen-bond acceptors (Lipinski definition) is 4. The van der Waals surface area contributed by atoms with Crippen LogP contribution in [-0.2, 0) is 6.18 Å². The van der Waals surface area contributed by atoms with Crippen LogP contribution in [0.3, 0.4) is 0 Å². The quantitative estimate of drug-likeness (QED) is 0.662. The Bertz CT molecular complexity index is 958. The van der Waals surface area contributed by atoms with E-state index >= 15 is 0 Å². The molecule has 0 radical (unpaired) electrons. The third kappa shape index (κ3) is 2.85. The largest absolute Gasteiger partial charge is 0.437 e. The van der Waals surface area contributed by atoms with Crippen molar-refractivity contribution in [2.24, 2.45) is 0 Å². The number of hydrogen-bond donors (Lipinski definition) is 3. The molecule has 0 aromatic carbocycles. The molecule has 1 aliphatic rings. The van der Waals surface area contributed by atoms with Gasteiger partial charge in [-0.05, 0) is 12.8 Å². The monoisotopic (exact) mass is 365 g/mol. The van der Waals surface area contributed by atoms with Crippen LogP contribution >= 0.6 is 0 Å². The summed E-state index contributed by atoms with van der Waals surface area (Å²) in [5.74, 6) is 0.218. The number of amides is 2. The molecule has 4 rings (SSSR count). The molecule has 3 N–H and O–H groups in total. The summed E-state index contributed by atoms with van der Waals surface area (Å²) in [6, 6.07) is 0.929. The van der Waals surface area contributed by atoms with Crippen molar-refractivity contribution in [1.29, 1.82) is 0 Å². The molecule has 136 valence electrons. The molecule has 1 aliphatic carbocycles. The Balaban J connectivity index is 1.59. The molecule has 3 aromatic heterocycles. The second-order valence-corrected chi connectivity index (χ2v) is 6.01. The molecule has 0 saturated heterocycles. The molecular formula is C15H14F3N7O. The van der Waals surface area contributed by atoms with Crippen LogP contribution in [0.4, 0.5) is 29.3 Å². The zero-order valence-corrected chi connectivity index (χ0v) is 13.3. The highest BCUT2D eigenvalue weighted by atomic mass is 19.4. The van der Waals surface area contributed by atoms with Crippen molar-refractivity contribution in [2.45, 2.75) is 31.4 Å². The summed E-state index contributed by atoms with van der Waals surface area (Å²) in [6.07, 6.45) is 2.38. The minimum atomic E-state index is -4.67. The summed E-state index contributed by atoms with van der Waals surface area (Å²) in [5, 5.41) is 14.2. The van der Waals surface area contributed by atoms with Crippen molar-refractivity contribution >= 4 is 23.1 Å². The van der Waals surface area contributed by atoms with Gasteiger partial charge in [-0.15, -0.1) is 0 Å². The molecule has 3 aromatic rings. The van der Waals surface area contributed by atoms with Gasteiger partial charge in [0.1, 0.15) is 0 Å². The topological polar surface area (TPSA) is 100 Å². The SMILES string of the molecule is O=C(Nc1c[nH]nc1C(F)(F)F)Nc1cnc2ccnn2c1C1CCC1. The van der Waals surface area contributed by atoms with Gasteiger partial charge in [0.2, 0.25) is 0 Å². The van der Waals surface area contributed by atoms with Crippen molar-refractivity contribution < 1.29 is 18.0 Å². The van der Waals surface area contributed by atoms with Gasteiger partial charge in [-0.3, -0.25) is 5.10 Å². The first-order valence-electron chi connectivity index (χ1n) is 7.95. The number of carbonyl (C=O) groups is 1. The summed E-state index contributed by atoms with van der Waals surface area (Å²) in [6.45, 7) is 0. The van der Waals surface area contributed by atoms with E-state index in [1.807, 2.05) is 0 Å². The van der Waals surface area contributed by atoms with Gasteiger partial charge in [0.25, 0.3) is 0 Å². The van der Waals surface area contributed by atoms with E-state index in [2.05, 4.69) is 30.9 Å². The zero-order chi connectivity index (χ0) is 18.3. The van der Waals surface area contributed by atoms with E-state index < -0.39 is 23.6 Å². The van der Waals surface area contributed by atoms with E-state index in [0.29, 0.717) is 11.3 Å². The van der Waals surface area contributed by atoms with Gasteiger partial charge in [-0.1, -0.05) is 6.42 Å². The minimum absolute atomic E-state index is 0.218. The molecule has 3 heterocycles. The summed E-state index contributed by atoms with van der Waals surface area (Å²) >= 11 is 0. The lowest BCUT2D eigenvalue weighted by Gasteiger charge is -2.28. The van der Waals surface area contributed by atoms with E-state index in [0.717, 1.165) is 31.2 Å². The number of nitrogens with one attached hydrogen (secondary N) is 3. The second kappa shape index (κ2) is 6.00. The van der Waals surface area contributed by atoms with E-state index in [1.165, 1.54) is 6.20 Å². The number of anilines is 2. The summed E-state index contributed by atoms with van der Waals surface area (Å²) in [5.41, 5.74) is 0.220. The Hall–Kier alpha value is -3.11. The number of aromatic nitrogens is 5. The van der Waals surface area contributed by atoms with Gasteiger partial charge in [0.15, 0.2) is 11.3 Å². The molecule has 2 amide bonds. The third-order valence-corrected chi connectivity index (χ3v) is 4.35. The number of nitrogens with zero attached hydrogens (tertiary/aromatic N) is 4. The first-order valence-corrected chi connectivity index (χ1v) is 7.95. The van der Waals surface area contributed by atoms with Crippen molar-refractivity contribution in [1.82, 2.24) is 24.8 Å². The molecule has 0 atom stereocenters. The number of aromatic amines is 1. The number of halogens is 3. The van der Waals surface area contributed by atoms with Gasteiger partial charge in [-0.25, -0.2) is 14.3 Å². The normalized spacial score (nSPS) is 15.0. The van der Waals surface area contributed by atoms with Crippen molar-refractivity contribution in [3.8, 4) is 0 Å². The lowest BCUT2D eigenvalue weighted by molar-refractivity contribution is -0.140. The number of urea groups is 1. The molecule has 26 heavy (non-hydrogen) atoms. The molecular weight excluding hydrogens is 351 g/mol. The molecule has 1 saturated carbocycles. The van der Waals surface area contributed by atoms with Crippen LogP contribution in [-0.4, -0.2) is 30.8 Å². The van der Waals surface area contributed by atoms with Crippen molar-refractivity contribution in [3.63, 3.8) is 0 Å². The predicted octanol–water partition coefficient (Wildman–Crippen LogP) is 3.38. The number of alkyl halides is 3. The number of carbonyl (C=O) groups excluding carboxylic acids is 1. The van der Waals surface area contributed by atoms with Crippen LogP contribution in [0.2, 0.25) is 0 Å². The predicted molar refractivity (Wildman–Crippen MR) is 85.8 cm³/mol. The van der Waals surface area contributed by atoms with E-state index in [9.17, 15) is 18.0 Å². The molecule has 8 nitrogen and oxygen atoms in total. The van der Waals surface area contributed by atoms with E-state index in [-0.39, 0.29) is 5.92 Å². The lowest BCUT2D eigenvalue weighted by atomic mass is 9.82. The van der Waals surface area contributed by atoms with Gasteiger partial charge in [0, 0.05) is 18.2 Å². The van der Waals surface area contributed by atoms with Crippen LogP contribution in [0, 0.1) is 0 Å². The number of fused-ring (bicyclic) bond motifs is 1. The van der Waals surface area contributed by atoms with Crippen LogP contribution in [0.1, 0.15) is 36.6 Å². The molecule has 0 bridgehead atoms. The molecule has 0 unspecified atom stereocenters. The molecule has 0 spiro atoms. The smallest absolute Gasteiger partial charge is 0.305 e. The van der Waals surface area contributed by atoms with Gasteiger partial charge < -0.3 is 10.6 Å². The first kappa shape index (κ1) is 16.4. The number of rotatable bonds is 3. The van der Waals surface area contributed by atoms with Crippen LogP contribution in [0.15, 0.2) is 24.7 Å². The highest BCUT2D eigenvalue weighted by Crippen LogP contribution is 2.39. The van der Waals surface area contributed by atoms with Crippen LogP contribution < -0.4 is 10.6 Å². The average molecular weight is 365 g/mol. The Morgan fingerprint density at radius 1 is 1.27 bits per heavy atom. The average Bonchev–Trinajstić information content (AvgIpc) is 3.15. The Labute approximate surface area is 144 Å². The minimum Gasteiger partial charge on any atom is -0.305 e. The maximum atomic E-state index is 12.8. The van der Waals surface area contributed by atoms with Gasteiger partial charge in [0.05, 0.1) is 29.5 Å². The zero-order valence-electron chi connectivity index (χ0n) is 13.3. The summed E-state index contributed by atoms with van der Waals surface area (Å²) in [4.78, 5) is 16.4. The highest BCUT2D eigenvalue weighted by Gasteiger charge is 2.37. The van der Waals surface area contributed by atoms with Crippen molar-refractivity contribution in [3.05, 3.63) is 36.0 Å². The summed E-state index contributed by atoms with van der Waals surface area (Å²) in [7, 11) is 0. The second-order valence-electron chi connectivity index (χ2n) is 6.01. The van der Waals surface area contributed by atoms with Crippen LogP contribution in [0.25, 0.3) is 5.65 Å². The third-order valence-electron chi connectivity index (χ3n) is 4.35. The maximum absolute atomic E-state index is 12.8. The summed E-state index contributed by atoms with van der Waals surface area (Å²) < 4.78 is 40.2. The first-order chi connectivity index (χ1) is 12.4. The molecule has 0 aliphatic heterocycles. The Morgan fingerprint density at radius 3 is 2.73 bits per heavy atom. The maximum Gasteiger partial charge on any atom is 0.437 e. The van der Waals surface area contributed by atoms with Crippen molar-refractivity contribution in [2.75, 3.05) is 10.6 Å². The highest BCUT2D eigenvalue weighted by molar-refractivity contribution is 6.00. The molecule has 11 heteroatoms. The fraction of sp³-hybridized carbons (Fsp3) is 0.333. The van der Waals surface area contributed by atoms with Gasteiger partial charge in [-0.2, -0.15) is 23.4 Å². The molecule has 1 fully saturated rings.